The maximum Gasteiger partial charge on any atom is 0.412 e. The number of carbonyl (C=O) groups excluding carboxylic acids is 2. The van der Waals surface area contributed by atoms with E-state index in [1.807, 2.05) is 5.38 Å². The predicted octanol–water partition coefficient (Wildman–Crippen LogP) is 5.46. The van der Waals surface area contributed by atoms with E-state index in [1.165, 1.54) is 23.5 Å². The van der Waals surface area contributed by atoms with Crippen molar-refractivity contribution in [1.82, 2.24) is 4.98 Å². The molecule has 2 N–H and O–H groups in total. The zero-order chi connectivity index (χ0) is 22.4. The molecule has 2 aromatic carbocycles. The van der Waals surface area contributed by atoms with Crippen LogP contribution in [0.1, 0.15) is 36.8 Å². The lowest BCUT2D eigenvalue weighted by atomic mass is 10.2. The Morgan fingerprint density at radius 3 is 2.65 bits per heavy atom. The van der Waals surface area contributed by atoms with Crippen LogP contribution in [0.15, 0.2) is 53.4 Å². The number of hydrogen-bond acceptors (Lipinski definition) is 6. The topological polar surface area (TPSA) is 89.6 Å². The van der Waals surface area contributed by atoms with Gasteiger partial charge in [-0.3, -0.25) is 10.1 Å². The number of aromatic nitrogens is 1. The highest BCUT2D eigenvalue weighted by Crippen LogP contribution is 2.22. The van der Waals surface area contributed by atoms with Gasteiger partial charge in [-0.25, -0.2) is 14.2 Å². The Bertz CT molecular complexity index is 1060. The minimum Gasteiger partial charge on any atom is -0.487 e. The first-order valence-electron chi connectivity index (χ1n) is 9.40. The number of thiazole rings is 1. The Morgan fingerprint density at radius 1 is 1.13 bits per heavy atom. The number of nitrogens with zero attached hydrogens (tertiary/aromatic N) is 1. The van der Waals surface area contributed by atoms with Gasteiger partial charge in [-0.2, -0.15) is 0 Å². The van der Waals surface area contributed by atoms with Gasteiger partial charge >= 0.3 is 6.09 Å². The van der Waals surface area contributed by atoms with Gasteiger partial charge in [0, 0.05) is 16.6 Å². The average Bonchev–Trinajstić information content (AvgIpc) is 3.21. The van der Waals surface area contributed by atoms with Gasteiger partial charge in [-0.1, -0.05) is 6.07 Å². The molecule has 0 spiro atoms. The molecule has 31 heavy (non-hydrogen) atoms. The third kappa shape index (κ3) is 6.78. The van der Waals surface area contributed by atoms with Crippen molar-refractivity contribution < 1.29 is 23.5 Å². The van der Waals surface area contributed by atoms with Crippen molar-refractivity contribution in [3.63, 3.8) is 0 Å². The summed E-state index contributed by atoms with van der Waals surface area (Å²) in [6.07, 6.45) is -0.792. The number of anilines is 2. The number of rotatable bonds is 6. The smallest absolute Gasteiger partial charge is 0.412 e. The molecule has 0 aliphatic heterocycles. The molecule has 162 valence electrons. The second-order valence-electron chi connectivity index (χ2n) is 7.57. The zero-order valence-electron chi connectivity index (χ0n) is 17.3. The first kappa shape index (κ1) is 22.2. The molecule has 0 fully saturated rings. The van der Waals surface area contributed by atoms with Crippen molar-refractivity contribution in [3.8, 4) is 5.75 Å². The van der Waals surface area contributed by atoms with Crippen molar-refractivity contribution >= 4 is 34.7 Å². The Hall–Kier alpha value is -3.46. The molecule has 9 heteroatoms. The van der Waals surface area contributed by atoms with E-state index in [0.717, 1.165) is 11.8 Å². The van der Waals surface area contributed by atoms with Crippen LogP contribution in [-0.2, 0) is 11.3 Å². The van der Waals surface area contributed by atoms with E-state index in [-0.39, 0.29) is 5.69 Å². The number of ether oxygens (including phenoxy) is 2. The molecular formula is C22H22FN3O4S. The third-order valence-electron chi connectivity index (χ3n) is 3.83. The molecule has 0 aliphatic rings. The number of nitrogens with one attached hydrogen (secondary N) is 2. The minimum absolute atomic E-state index is 0.104. The molecule has 0 saturated heterocycles. The van der Waals surface area contributed by atoms with Crippen molar-refractivity contribution in [3.05, 3.63) is 70.4 Å². The van der Waals surface area contributed by atoms with Crippen molar-refractivity contribution in [2.45, 2.75) is 33.0 Å². The highest BCUT2D eigenvalue weighted by Gasteiger charge is 2.18. The first-order valence-corrected chi connectivity index (χ1v) is 10.3. The van der Waals surface area contributed by atoms with Gasteiger partial charge in [-0.15, -0.1) is 11.3 Å². The van der Waals surface area contributed by atoms with Gasteiger partial charge in [0.2, 0.25) is 0 Å². The summed E-state index contributed by atoms with van der Waals surface area (Å²) in [5.41, 5.74) is 2.37. The SMILES string of the molecule is CC(C)(C)OC(=O)Nc1cc(NC(=O)c2cccc(OCc3cscn3)c2)ccc1F. The summed E-state index contributed by atoms with van der Waals surface area (Å²) in [6, 6.07) is 10.5. The lowest BCUT2D eigenvalue weighted by Crippen LogP contribution is -2.27. The van der Waals surface area contributed by atoms with Gasteiger partial charge in [0.05, 0.1) is 16.9 Å². The number of carbonyl (C=O) groups is 2. The molecule has 3 aromatic rings. The molecular weight excluding hydrogens is 421 g/mol. The molecule has 1 heterocycles. The predicted molar refractivity (Wildman–Crippen MR) is 117 cm³/mol. The van der Waals surface area contributed by atoms with Crippen LogP contribution in [0.2, 0.25) is 0 Å². The van der Waals surface area contributed by atoms with Crippen LogP contribution in [0.4, 0.5) is 20.6 Å². The largest absolute Gasteiger partial charge is 0.487 e. The van der Waals surface area contributed by atoms with Crippen LogP contribution < -0.4 is 15.4 Å². The Balaban J connectivity index is 1.66. The zero-order valence-corrected chi connectivity index (χ0v) is 18.1. The van der Waals surface area contributed by atoms with Crippen LogP contribution in [0.5, 0.6) is 5.75 Å². The van der Waals surface area contributed by atoms with E-state index < -0.39 is 23.4 Å². The molecule has 3 rings (SSSR count). The third-order valence-corrected chi connectivity index (χ3v) is 4.46. The minimum atomic E-state index is -0.792. The Kier molecular flexibility index (Phi) is 6.86. The molecule has 0 radical (unpaired) electrons. The van der Waals surface area contributed by atoms with E-state index in [0.29, 0.717) is 23.6 Å². The lowest BCUT2D eigenvalue weighted by Gasteiger charge is -2.20. The van der Waals surface area contributed by atoms with Crippen molar-refractivity contribution in [2.75, 3.05) is 10.6 Å². The monoisotopic (exact) mass is 443 g/mol. The Labute approximate surface area is 183 Å². The van der Waals surface area contributed by atoms with E-state index in [9.17, 15) is 14.0 Å². The maximum absolute atomic E-state index is 14.1. The lowest BCUT2D eigenvalue weighted by molar-refractivity contribution is 0.0635. The molecule has 1 aromatic heterocycles. The van der Waals surface area contributed by atoms with Crippen LogP contribution >= 0.6 is 11.3 Å². The summed E-state index contributed by atoms with van der Waals surface area (Å²) >= 11 is 1.48. The molecule has 0 aliphatic carbocycles. The van der Waals surface area contributed by atoms with Gasteiger partial charge in [0.25, 0.3) is 5.91 Å². The Morgan fingerprint density at radius 2 is 1.94 bits per heavy atom. The maximum atomic E-state index is 14.1. The molecule has 0 unspecified atom stereocenters. The van der Waals surface area contributed by atoms with Crippen LogP contribution in [0, 0.1) is 5.82 Å². The summed E-state index contributed by atoms with van der Waals surface area (Å²) in [7, 11) is 0. The van der Waals surface area contributed by atoms with Gasteiger partial charge in [0.1, 0.15) is 23.8 Å². The number of hydrogen-bond donors (Lipinski definition) is 2. The first-order chi connectivity index (χ1) is 14.7. The van der Waals surface area contributed by atoms with Gasteiger partial charge < -0.3 is 14.8 Å². The summed E-state index contributed by atoms with van der Waals surface area (Å²) in [4.78, 5) is 28.7. The van der Waals surface area contributed by atoms with Crippen molar-refractivity contribution in [2.24, 2.45) is 0 Å². The fourth-order valence-electron chi connectivity index (χ4n) is 2.51. The number of halogens is 1. The van der Waals surface area contributed by atoms with Crippen LogP contribution in [-0.4, -0.2) is 22.6 Å². The highest BCUT2D eigenvalue weighted by atomic mass is 32.1. The van der Waals surface area contributed by atoms with Gasteiger partial charge in [0.15, 0.2) is 0 Å². The van der Waals surface area contributed by atoms with Crippen molar-refractivity contribution in [1.29, 1.82) is 0 Å². The fraction of sp³-hybridized carbons (Fsp3) is 0.227. The fourth-order valence-corrected chi connectivity index (χ4v) is 3.05. The summed E-state index contributed by atoms with van der Waals surface area (Å²) in [5.74, 6) is -0.540. The summed E-state index contributed by atoms with van der Waals surface area (Å²) in [6.45, 7) is 5.41. The van der Waals surface area contributed by atoms with E-state index in [1.54, 1.807) is 50.5 Å². The molecule has 0 atom stereocenters. The highest BCUT2D eigenvalue weighted by molar-refractivity contribution is 7.07. The number of amides is 2. The molecule has 2 amide bonds. The van der Waals surface area contributed by atoms with Crippen LogP contribution in [0.3, 0.4) is 0 Å². The second-order valence-corrected chi connectivity index (χ2v) is 8.29. The molecule has 0 saturated carbocycles. The summed E-state index contributed by atoms with van der Waals surface area (Å²) in [5, 5.41) is 6.91. The van der Waals surface area contributed by atoms with E-state index in [2.05, 4.69) is 15.6 Å². The summed E-state index contributed by atoms with van der Waals surface area (Å²) < 4.78 is 24.9. The molecule has 7 nitrogen and oxygen atoms in total. The van der Waals surface area contributed by atoms with E-state index in [4.69, 9.17) is 9.47 Å². The quantitative estimate of drug-likeness (QED) is 0.528. The number of benzene rings is 2. The molecule has 0 bridgehead atoms. The normalized spacial score (nSPS) is 11.0. The second kappa shape index (κ2) is 9.57. The van der Waals surface area contributed by atoms with Crippen LogP contribution in [0.25, 0.3) is 0 Å². The van der Waals surface area contributed by atoms with Gasteiger partial charge in [-0.05, 0) is 57.2 Å². The average molecular weight is 444 g/mol. The van der Waals surface area contributed by atoms with E-state index >= 15 is 0 Å². The standard InChI is InChI=1S/C22H22FN3O4S/c1-22(2,3)30-21(28)26-19-10-15(7-8-18(19)23)25-20(27)14-5-4-6-17(9-14)29-11-16-12-31-13-24-16/h4-10,12-13H,11H2,1-3H3,(H,25,27)(H,26,28).